The van der Waals surface area contributed by atoms with Crippen molar-refractivity contribution in [2.75, 3.05) is 7.11 Å². The molecule has 0 bridgehead atoms. The molecule has 2 unspecified atom stereocenters. The Balaban J connectivity index is 2.75. The Bertz CT molecular complexity index is 305. The maximum atomic E-state index is 11.2. The van der Waals surface area contributed by atoms with Crippen LogP contribution in [0.3, 0.4) is 0 Å². The zero-order valence-corrected chi connectivity index (χ0v) is 10.7. The third kappa shape index (κ3) is 2.78. The molecule has 1 aromatic heterocycles. The first-order valence-corrected chi connectivity index (χ1v) is 5.76. The lowest BCUT2D eigenvalue weighted by Gasteiger charge is -2.14. The summed E-state index contributed by atoms with van der Waals surface area (Å²) in [4.78, 5) is 14.6. The quantitative estimate of drug-likeness (QED) is 0.634. The Morgan fingerprint density at radius 2 is 2.00 bits per heavy atom. The second-order valence-corrected chi connectivity index (χ2v) is 4.58. The molecule has 2 atom stereocenters. The van der Waals surface area contributed by atoms with Crippen molar-refractivity contribution in [3.8, 4) is 0 Å². The van der Waals surface area contributed by atoms with E-state index in [0.717, 1.165) is 5.56 Å². The van der Waals surface area contributed by atoms with E-state index in [4.69, 9.17) is 0 Å². The summed E-state index contributed by atoms with van der Waals surface area (Å²) in [6.45, 7) is 0. The molecule has 0 aromatic carbocycles. The predicted octanol–water partition coefficient (Wildman–Crippen LogP) is 2.45. The predicted molar refractivity (Wildman–Crippen MR) is 60.6 cm³/mol. The van der Waals surface area contributed by atoms with Gasteiger partial charge in [0.25, 0.3) is 0 Å². The molecule has 0 spiro atoms. The van der Waals surface area contributed by atoms with Crippen LogP contribution in [0.5, 0.6) is 0 Å². The van der Waals surface area contributed by atoms with Crippen LogP contribution in [0.4, 0.5) is 0 Å². The van der Waals surface area contributed by atoms with Crippen molar-refractivity contribution in [1.82, 2.24) is 4.98 Å². The summed E-state index contributed by atoms with van der Waals surface area (Å²) in [5, 5.41) is 0. The molecule has 1 aromatic rings. The fourth-order valence-corrected chi connectivity index (χ4v) is 1.96. The van der Waals surface area contributed by atoms with Crippen molar-refractivity contribution < 1.29 is 9.53 Å². The lowest BCUT2D eigenvalue weighted by atomic mass is 10.1. The van der Waals surface area contributed by atoms with Gasteiger partial charge in [-0.1, -0.05) is 31.9 Å². The average Bonchev–Trinajstić information content (AvgIpc) is 2.27. The smallest absolute Gasteiger partial charge is 0.320 e. The highest BCUT2D eigenvalue weighted by Gasteiger charge is 2.25. The third-order valence-corrected chi connectivity index (χ3v) is 4.38. The summed E-state index contributed by atoms with van der Waals surface area (Å²) in [6, 6.07) is 3.69. The first-order valence-electron chi connectivity index (χ1n) is 3.92. The number of pyridine rings is 1. The molecule has 0 aliphatic heterocycles. The first-order chi connectivity index (χ1) is 6.66. The van der Waals surface area contributed by atoms with E-state index in [1.165, 1.54) is 7.11 Å². The number of carbonyl (C=O) groups excluding carboxylic acids is 1. The van der Waals surface area contributed by atoms with Crippen LogP contribution in [-0.2, 0) is 9.53 Å². The van der Waals surface area contributed by atoms with Gasteiger partial charge in [-0.2, -0.15) is 0 Å². The van der Waals surface area contributed by atoms with E-state index in [0.29, 0.717) is 0 Å². The second-order valence-electron chi connectivity index (χ2n) is 2.61. The van der Waals surface area contributed by atoms with E-state index in [9.17, 15) is 4.79 Å². The Morgan fingerprint density at radius 1 is 1.43 bits per heavy atom. The fourth-order valence-electron chi connectivity index (χ4n) is 0.948. The van der Waals surface area contributed by atoms with Gasteiger partial charge in [0, 0.05) is 12.4 Å². The SMILES string of the molecule is COC(=O)C(Br)C(Br)c1ccncc1. The zero-order chi connectivity index (χ0) is 10.6. The summed E-state index contributed by atoms with van der Waals surface area (Å²) in [6.07, 6.45) is 3.36. The molecular formula is C9H9Br2NO2. The van der Waals surface area contributed by atoms with Crippen LogP contribution in [0.25, 0.3) is 0 Å². The van der Waals surface area contributed by atoms with Crippen molar-refractivity contribution in [2.45, 2.75) is 9.65 Å². The highest BCUT2D eigenvalue weighted by atomic mass is 79.9. The molecule has 1 heterocycles. The number of halogens is 2. The van der Waals surface area contributed by atoms with Crippen LogP contribution >= 0.6 is 31.9 Å². The summed E-state index contributed by atoms with van der Waals surface area (Å²) >= 11 is 6.68. The molecule has 76 valence electrons. The first kappa shape index (κ1) is 11.7. The van der Waals surface area contributed by atoms with E-state index in [1.54, 1.807) is 12.4 Å². The fraction of sp³-hybridized carbons (Fsp3) is 0.333. The van der Waals surface area contributed by atoms with Crippen molar-refractivity contribution >= 4 is 37.8 Å². The number of methoxy groups -OCH3 is 1. The maximum absolute atomic E-state index is 11.2. The van der Waals surface area contributed by atoms with E-state index in [-0.39, 0.29) is 10.8 Å². The third-order valence-electron chi connectivity index (χ3n) is 1.71. The molecule has 5 heteroatoms. The number of alkyl halides is 2. The van der Waals surface area contributed by atoms with Crippen LogP contribution < -0.4 is 0 Å². The topological polar surface area (TPSA) is 39.2 Å². The number of aromatic nitrogens is 1. The van der Waals surface area contributed by atoms with Crippen LogP contribution in [-0.4, -0.2) is 22.9 Å². The molecule has 0 amide bonds. The number of ether oxygens (including phenoxy) is 1. The van der Waals surface area contributed by atoms with Gasteiger partial charge < -0.3 is 4.74 Å². The van der Waals surface area contributed by atoms with Crippen molar-refractivity contribution in [3.05, 3.63) is 30.1 Å². The van der Waals surface area contributed by atoms with Crippen LogP contribution in [0, 0.1) is 0 Å². The zero-order valence-electron chi connectivity index (χ0n) is 7.48. The summed E-state index contributed by atoms with van der Waals surface area (Å²) in [5.41, 5.74) is 0.979. The normalized spacial score (nSPS) is 14.5. The second kappa shape index (κ2) is 5.46. The molecule has 0 fully saturated rings. The lowest BCUT2D eigenvalue weighted by molar-refractivity contribution is -0.139. The minimum Gasteiger partial charge on any atom is -0.468 e. The molecular weight excluding hydrogens is 314 g/mol. The Labute approximate surface area is 99.1 Å². The van der Waals surface area contributed by atoms with Crippen molar-refractivity contribution in [3.63, 3.8) is 0 Å². The number of hydrogen-bond acceptors (Lipinski definition) is 3. The van der Waals surface area contributed by atoms with Gasteiger partial charge in [0.15, 0.2) is 0 Å². The van der Waals surface area contributed by atoms with Crippen molar-refractivity contribution in [2.24, 2.45) is 0 Å². The van der Waals surface area contributed by atoms with Gasteiger partial charge in [-0.25, -0.2) is 0 Å². The summed E-state index contributed by atoms with van der Waals surface area (Å²) in [7, 11) is 1.36. The van der Waals surface area contributed by atoms with Crippen LogP contribution in [0.2, 0.25) is 0 Å². The standard InChI is InChI=1S/C9H9Br2NO2/c1-14-9(13)8(11)7(10)6-2-4-12-5-3-6/h2-5,7-8H,1H3. The lowest BCUT2D eigenvalue weighted by Crippen LogP contribution is -2.20. The van der Waals surface area contributed by atoms with Gasteiger partial charge in [-0.15, -0.1) is 0 Å². The van der Waals surface area contributed by atoms with Gasteiger partial charge in [-0.3, -0.25) is 9.78 Å². The molecule has 0 saturated heterocycles. The van der Waals surface area contributed by atoms with E-state index in [1.807, 2.05) is 12.1 Å². The molecule has 14 heavy (non-hydrogen) atoms. The molecule has 0 radical (unpaired) electrons. The molecule has 0 saturated carbocycles. The highest BCUT2D eigenvalue weighted by molar-refractivity contribution is 9.12. The molecule has 0 N–H and O–H groups in total. The summed E-state index contributed by atoms with van der Waals surface area (Å²) in [5.74, 6) is -0.302. The summed E-state index contributed by atoms with van der Waals surface area (Å²) < 4.78 is 4.62. The average molecular weight is 323 g/mol. The van der Waals surface area contributed by atoms with Gasteiger partial charge in [0.2, 0.25) is 0 Å². The molecule has 0 aliphatic rings. The number of esters is 1. The maximum Gasteiger partial charge on any atom is 0.320 e. The minimum atomic E-state index is -0.394. The van der Waals surface area contributed by atoms with E-state index in [2.05, 4.69) is 41.6 Å². The number of rotatable bonds is 3. The Hall–Kier alpha value is -0.420. The molecule has 0 aliphatic carbocycles. The number of carbonyl (C=O) groups is 1. The Kier molecular flexibility index (Phi) is 4.54. The van der Waals surface area contributed by atoms with Gasteiger partial charge in [0.1, 0.15) is 4.83 Å². The van der Waals surface area contributed by atoms with E-state index < -0.39 is 4.83 Å². The van der Waals surface area contributed by atoms with E-state index >= 15 is 0 Å². The molecule has 1 rings (SSSR count). The minimum absolute atomic E-state index is 0.113. The van der Waals surface area contributed by atoms with Crippen LogP contribution in [0.1, 0.15) is 10.4 Å². The largest absolute Gasteiger partial charge is 0.468 e. The highest BCUT2D eigenvalue weighted by Crippen LogP contribution is 2.31. The van der Waals surface area contributed by atoms with Crippen molar-refractivity contribution in [1.29, 1.82) is 0 Å². The number of hydrogen-bond donors (Lipinski definition) is 0. The Morgan fingerprint density at radius 3 is 2.50 bits per heavy atom. The number of nitrogens with zero attached hydrogens (tertiary/aromatic N) is 1. The van der Waals surface area contributed by atoms with Crippen LogP contribution in [0.15, 0.2) is 24.5 Å². The molecule has 3 nitrogen and oxygen atoms in total. The van der Waals surface area contributed by atoms with Gasteiger partial charge in [-0.05, 0) is 17.7 Å². The van der Waals surface area contributed by atoms with Gasteiger partial charge in [0.05, 0.1) is 11.9 Å². The van der Waals surface area contributed by atoms with Gasteiger partial charge >= 0.3 is 5.97 Å². The monoisotopic (exact) mass is 321 g/mol.